The molecule has 238 valence electrons. The molecule has 0 aromatic heterocycles. The molecule has 0 N–H and O–H groups in total. The zero-order chi connectivity index (χ0) is 32.4. The molecule has 6 heteroatoms. The van der Waals surface area contributed by atoms with E-state index in [2.05, 4.69) is 71.6 Å². The maximum absolute atomic E-state index is 12.4. The van der Waals surface area contributed by atoms with Crippen molar-refractivity contribution >= 4 is 11.8 Å². The highest BCUT2D eigenvalue weighted by Crippen LogP contribution is 2.41. The second kappa shape index (κ2) is 19.8. The van der Waals surface area contributed by atoms with Gasteiger partial charge >= 0.3 is 6.09 Å². The number of nitrogens with zero attached hydrogens (tertiary/aromatic N) is 4. The maximum Gasteiger partial charge on any atom is 0.410 e. The molecule has 1 heterocycles. The summed E-state index contributed by atoms with van der Waals surface area (Å²) in [4.78, 5) is 21.3. The molecule has 0 atom stereocenters. The van der Waals surface area contributed by atoms with Gasteiger partial charge in [-0.1, -0.05) is 57.1 Å². The molecule has 1 saturated carbocycles. The van der Waals surface area contributed by atoms with E-state index in [-0.39, 0.29) is 6.09 Å². The topological polar surface area (TPSA) is 68.9 Å². The molecule has 2 fully saturated rings. The summed E-state index contributed by atoms with van der Waals surface area (Å²) in [5.41, 5.74) is 6.58. The Morgan fingerprint density at radius 2 is 1.60 bits per heavy atom. The number of carbonyl (C=O) groups is 1. The van der Waals surface area contributed by atoms with Crippen molar-refractivity contribution in [1.29, 1.82) is 5.26 Å². The molecule has 1 saturated heterocycles. The Bertz CT molecular complexity index is 1140. The van der Waals surface area contributed by atoms with E-state index in [1.165, 1.54) is 35.3 Å². The fourth-order valence-electron chi connectivity index (χ4n) is 4.86. The summed E-state index contributed by atoms with van der Waals surface area (Å²) < 4.78 is 5.53. The van der Waals surface area contributed by atoms with Crippen molar-refractivity contribution in [3.8, 4) is 6.07 Å². The van der Waals surface area contributed by atoms with E-state index in [1.54, 1.807) is 0 Å². The Kier molecular flexibility index (Phi) is 17.3. The normalized spacial score (nSPS) is 18.0. The standard InChI is InChI=1S/C24H39N3O2.C13H19N/c1-8-10-13-25-18(3)22(21(9-2)20-11-12-20)19(4)26-14-16-27(17-15-26)23(28)29-24(5,6)7;1-4-6-7-9-13(11-14)10-12(3)8-5-2/h9-10,13,20H,8,11-12,14-17H2,1-7H3;6-7,9-10H,4-5,8H2,1-3H3/b13-10+,21-9-,22-19-,25-18+;7-6+,12-10+,13-9+. The van der Waals surface area contributed by atoms with Gasteiger partial charge in [0.2, 0.25) is 0 Å². The lowest BCUT2D eigenvalue weighted by Crippen LogP contribution is -2.49. The van der Waals surface area contributed by atoms with Crippen molar-refractivity contribution in [2.24, 2.45) is 10.9 Å². The van der Waals surface area contributed by atoms with Crippen LogP contribution in [0.15, 0.2) is 75.6 Å². The number of amides is 1. The molecular weight excluding hydrogens is 532 g/mol. The Morgan fingerprint density at radius 1 is 1.00 bits per heavy atom. The van der Waals surface area contributed by atoms with Gasteiger partial charge in [0.25, 0.3) is 0 Å². The van der Waals surface area contributed by atoms with Crippen LogP contribution in [0.2, 0.25) is 0 Å². The minimum absolute atomic E-state index is 0.214. The first-order valence-electron chi connectivity index (χ1n) is 16.2. The lowest BCUT2D eigenvalue weighted by Gasteiger charge is -2.38. The van der Waals surface area contributed by atoms with Gasteiger partial charge in [0.1, 0.15) is 5.60 Å². The van der Waals surface area contributed by atoms with Gasteiger partial charge in [-0.2, -0.15) is 5.26 Å². The predicted molar refractivity (Wildman–Crippen MR) is 183 cm³/mol. The van der Waals surface area contributed by atoms with Gasteiger partial charge in [0, 0.05) is 49.4 Å². The molecule has 43 heavy (non-hydrogen) atoms. The van der Waals surface area contributed by atoms with E-state index >= 15 is 0 Å². The van der Waals surface area contributed by atoms with Gasteiger partial charge in [0.05, 0.1) is 11.6 Å². The van der Waals surface area contributed by atoms with Crippen LogP contribution >= 0.6 is 0 Å². The number of rotatable bonds is 11. The van der Waals surface area contributed by atoms with Gasteiger partial charge in [0.15, 0.2) is 0 Å². The van der Waals surface area contributed by atoms with Gasteiger partial charge in [-0.15, -0.1) is 0 Å². The average molecular weight is 591 g/mol. The number of carbonyl (C=O) groups excluding carboxylic acids is 1. The Hall–Kier alpha value is -3.33. The van der Waals surface area contributed by atoms with E-state index in [0.717, 1.165) is 50.1 Å². The zero-order valence-corrected chi connectivity index (χ0v) is 28.8. The second-order valence-corrected chi connectivity index (χ2v) is 12.3. The van der Waals surface area contributed by atoms with E-state index in [9.17, 15) is 4.79 Å². The quantitative estimate of drug-likeness (QED) is 0.136. The number of allylic oxidation sites excluding steroid dienone is 11. The fraction of sp³-hybridized carbons (Fsp3) is 0.595. The van der Waals surface area contributed by atoms with Crippen LogP contribution in [0.4, 0.5) is 4.79 Å². The lowest BCUT2D eigenvalue weighted by molar-refractivity contribution is 0.0168. The summed E-state index contributed by atoms with van der Waals surface area (Å²) >= 11 is 0. The van der Waals surface area contributed by atoms with Crippen LogP contribution in [0.5, 0.6) is 0 Å². The third-order valence-electron chi connectivity index (χ3n) is 7.18. The highest BCUT2D eigenvalue weighted by molar-refractivity contribution is 6.03. The molecule has 6 nitrogen and oxygen atoms in total. The van der Waals surface area contributed by atoms with Crippen LogP contribution < -0.4 is 0 Å². The summed E-state index contributed by atoms with van der Waals surface area (Å²) in [7, 11) is 0. The molecule has 0 unspecified atom stereocenters. The monoisotopic (exact) mass is 590 g/mol. The number of nitriles is 1. The third kappa shape index (κ3) is 14.6. The Morgan fingerprint density at radius 3 is 2.09 bits per heavy atom. The first-order chi connectivity index (χ1) is 20.4. The van der Waals surface area contributed by atoms with Crippen molar-refractivity contribution in [3.05, 3.63) is 70.6 Å². The van der Waals surface area contributed by atoms with Gasteiger partial charge in [-0.05, 0) is 104 Å². The predicted octanol–water partition coefficient (Wildman–Crippen LogP) is 9.70. The molecular formula is C37H58N4O2. The van der Waals surface area contributed by atoms with E-state index < -0.39 is 5.60 Å². The minimum atomic E-state index is -0.456. The lowest BCUT2D eigenvalue weighted by atomic mass is 9.95. The van der Waals surface area contributed by atoms with Crippen LogP contribution in [0, 0.1) is 17.2 Å². The maximum atomic E-state index is 12.4. The largest absolute Gasteiger partial charge is 0.444 e. The zero-order valence-electron chi connectivity index (χ0n) is 28.8. The summed E-state index contributed by atoms with van der Waals surface area (Å²) in [5, 5.41) is 8.85. The molecule has 0 bridgehead atoms. The fourth-order valence-corrected chi connectivity index (χ4v) is 4.86. The molecule has 0 radical (unpaired) electrons. The number of hydrogen-bond donors (Lipinski definition) is 0. The van der Waals surface area contributed by atoms with Crippen molar-refractivity contribution < 1.29 is 9.53 Å². The minimum Gasteiger partial charge on any atom is -0.444 e. The van der Waals surface area contributed by atoms with Crippen LogP contribution in [0.1, 0.15) is 108 Å². The van der Waals surface area contributed by atoms with E-state index in [1.807, 2.05) is 56.2 Å². The number of piperazine rings is 1. The summed E-state index contributed by atoms with van der Waals surface area (Å²) in [6, 6.07) is 2.18. The second-order valence-electron chi connectivity index (χ2n) is 12.3. The average Bonchev–Trinajstić information content (AvgIpc) is 3.80. The van der Waals surface area contributed by atoms with Crippen LogP contribution in [-0.4, -0.2) is 53.4 Å². The molecule has 0 aromatic carbocycles. The third-order valence-corrected chi connectivity index (χ3v) is 7.18. The first kappa shape index (κ1) is 37.7. The Balaban J connectivity index is 0.000000557. The molecule has 2 aliphatic rings. The summed E-state index contributed by atoms with van der Waals surface area (Å²) in [6.45, 7) is 23.6. The molecule has 1 aliphatic heterocycles. The molecule has 0 spiro atoms. The number of aliphatic imine (C=N–C) groups is 1. The van der Waals surface area contributed by atoms with Crippen molar-refractivity contribution in [3.63, 3.8) is 0 Å². The van der Waals surface area contributed by atoms with E-state index in [0.29, 0.717) is 19.0 Å². The highest BCUT2D eigenvalue weighted by atomic mass is 16.6. The van der Waals surface area contributed by atoms with Gasteiger partial charge in [-0.3, -0.25) is 4.99 Å². The summed E-state index contributed by atoms with van der Waals surface area (Å²) in [6.07, 6.45) is 20.6. The summed E-state index contributed by atoms with van der Waals surface area (Å²) in [5.74, 6) is 0.660. The van der Waals surface area contributed by atoms with Crippen LogP contribution in [-0.2, 0) is 4.74 Å². The number of hydrogen-bond acceptors (Lipinski definition) is 5. The molecule has 1 amide bonds. The smallest absolute Gasteiger partial charge is 0.410 e. The number of ether oxygens (including phenoxy) is 1. The van der Waals surface area contributed by atoms with Gasteiger partial charge < -0.3 is 14.5 Å². The molecule has 0 aromatic rings. The van der Waals surface area contributed by atoms with Crippen LogP contribution in [0.3, 0.4) is 0 Å². The van der Waals surface area contributed by atoms with Crippen molar-refractivity contribution in [1.82, 2.24) is 9.80 Å². The molecule has 2 rings (SSSR count). The van der Waals surface area contributed by atoms with Crippen molar-refractivity contribution in [2.45, 2.75) is 113 Å². The highest BCUT2D eigenvalue weighted by Gasteiger charge is 2.32. The first-order valence-corrected chi connectivity index (χ1v) is 16.2. The Labute approximate surface area is 263 Å². The van der Waals surface area contributed by atoms with Gasteiger partial charge in [-0.25, -0.2) is 4.79 Å². The molecule has 1 aliphatic carbocycles. The van der Waals surface area contributed by atoms with Crippen LogP contribution in [0.25, 0.3) is 0 Å². The van der Waals surface area contributed by atoms with Crippen molar-refractivity contribution in [2.75, 3.05) is 26.2 Å². The van der Waals surface area contributed by atoms with E-state index in [4.69, 9.17) is 15.0 Å². The SMILES string of the molecule is CC/C=C/C=C(C#N)\C=C(/C)CCC.C\C=C(C(/C(C)=N/C=C/CC)=C(/C)N1CCN(C(=O)OC(C)(C)C)CC1)\C1CC1.